The van der Waals surface area contributed by atoms with E-state index >= 15 is 0 Å². The normalized spacial score (nSPS) is 20.0. The minimum Gasteiger partial charge on any atom is -0.432 e. The SMILES string of the molecule is CCc1cc(Nc2nccn3c(-c4ccc(OC(F)F)c(F)c4F)cnc23)ccc1C(=O)NCC1CC[N+](C)(CC2CNC2)C1. The van der Waals surface area contributed by atoms with Crippen molar-refractivity contribution in [1.82, 2.24) is 25.0 Å². The third-order valence-electron chi connectivity index (χ3n) is 8.85. The zero-order valence-corrected chi connectivity index (χ0v) is 25.1. The molecule has 4 heterocycles. The summed E-state index contributed by atoms with van der Waals surface area (Å²) in [6, 6.07) is 7.56. The number of anilines is 2. The first-order valence-corrected chi connectivity index (χ1v) is 15.1. The summed E-state index contributed by atoms with van der Waals surface area (Å²) in [4.78, 5) is 21.9. The smallest absolute Gasteiger partial charge is 0.387 e. The molecule has 0 aliphatic carbocycles. The van der Waals surface area contributed by atoms with E-state index in [2.05, 4.69) is 37.7 Å². The van der Waals surface area contributed by atoms with Crippen LogP contribution in [-0.2, 0) is 6.42 Å². The zero-order valence-electron chi connectivity index (χ0n) is 25.1. The third kappa shape index (κ3) is 6.45. The number of imidazole rings is 1. The van der Waals surface area contributed by atoms with Gasteiger partial charge in [-0.15, -0.1) is 0 Å². The van der Waals surface area contributed by atoms with Crippen LogP contribution in [0, 0.1) is 23.5 Å². The van der Waals surface area contributed by atoms with Crippen LogP contribution in [0.5, 0.6) is 5.75 Å². The van der Waals surface area contributed by atoms with E-state index in [1.807, 2.05) is 13.0 Å². The van der Waals surface area contributed by atoms with Crippen molar-refractivity contribution >= 4 is 23.1 Å². The maximum absolute atomic E-state index is 14.9. The van der Waals surface area contributed by atoms with Gasteiger partial charge in [0.2, 0.25) is 5.82 Å². The molecule has 6 rings (SSSR count). The fraction of sp³-hybridized carbons (Fsp3) is 0.406. The lowest BCUT2D eigenvalue weighted by Gasteiger charge is -2.37. The number of nitrogens with zero attached hydrogens (tertiary/aromatic N) is 4. The van der Waals surface area contributed by atoms with Gasteiger partial charge in [-0.1, -0.05) is 6.92 Å². The number of fused-ring (bicyclic) bond motifs is 1. The number of nitrogens with one attached hydrogen (secondary N) is 3. The molecule has 13 heteroatoms. The Kier molecular flexibility index (Phi) is 8.65. The minimum atomic E-state index is -3.29. The lowest BCUT2D eigenvalue weighted by Crippen LogP contribution is -2.54. The molecule has 0 radical (unpaired) electrons. The summed E-state index contributed by atoms with van der Waals surface area (Å²) in [6.45, 7) is 4.97. The Balaban J connectivity index is 1.15. The van der Waals surface area contributed by atoms with E-state index in [1.165, 1.54) is 29.5 Å². The van der Waals surface area contributed by atoms with Crippen LogP contribution in [0.3, 0.4) is 0 Å². The maximum atomic E-state index is 14.9. The van der Waals surface area contributed by atoms with Crippen molar-refractivity contribution in [3.8, 4) is 17.0 Å². The highest BCUT2D eigenvalue weighted by atomic mass is 19.3. The number of hydrogen-bond donors (Lipinski definition) is 3. The Bertz CT molecular complexity index is 1710. The molecule has 0 saturated carbocycles. The molecular weight excluding hydrogens is 590 g/mol. The summed E-state index contributed by atoms with van der Waals surface area (Å²) in [5, 5.41) is 9.72. The van der Waals surface area contributed by atoms with E-state index in [9.17, 15) is 22.4 Å². The van der Waals surface area contributed by atoms with E-state index in [1.54, 1.807) is 12.1 Å². The summed E-state index contributed by atoms with van der Waals surface area (Å²) in [5.41, 5.74) is 2.49. The number of rotatable bonds is 11. The topological polar surface area (TPSA) is 92.6 Å². The first-order valence-electron chi connectivity index (χ1n) is 15.1. The van der Waals surface area contributed by atoms with Gasteiger partial charge < -0.3 is 25.2 Å². The van der Waals surface area contributed by atoms with E-state index in [-0.39, 0.29) is 17.2 Å². The Morgan fingerprint density at radius 1 is 1.16 bits per heavy atom. The molecule has 238 valence electrons. The number of quaternary nitrogens is 1. The quantitative estimate of drug-likeness (QED) is 0.160. The maximum Gasteiger partial charge on any atom is 0.387 e. The van der Waals surface area contributed by atoms with E-state index < -0.39 is 24.0 Å². The second-order valence-corrected chi connectivity index (χ2v) is 12.2. The molecule has 2 unspecified atom stereocenters. The van der Waals surface area contributed by atoms with Crippen molar-refractivity contribution in [3.05, 3.63) is 71.7 Å². The molecule has 0 bridgehead atoms. The Morgan fingerprint density at radius 3 is 2.71 bits per heavy atom. The summed E-state index contributed by atoms with van der Waals surface area (Å²) in [7, 11) is 2.32. The van der Waals surface area contributed by atoms with Crippen molar-refractivity contribution < 1.29 is 31.6 Å². The molecule has 2 aliphatic heterocycles. The van der Waals surface area contributed by atoms with Gasteiger partial charge >= 0.3 is 6.61 Å². The number of hydrogen-bond acceptors (Lipinski definition) is 6. The second kappa shape index (κ2) is 12.6. The number of alkyl halides is 2. The van der Waals surface area contributed by atoms with Gasteiger partial charge in [0.15, 0.2) is 23.0 Å². The average Bonchev–Trinajstić information content (AvgIpc) is 3.60. The van der Waals surface area contributed by atoms with Gasteiger partial charge in [0, 0.05) is 67.1 Å². The molecule has 4 aromatic rings. The number of carbonyl (C=O) groups is 1. The third-order valence-corrected chi connectivity index (χ3v) is 8.85. The summed E-state index contributed by atoms with van der Waals surface area (Å²) in [6.07, 6.45) is 6.09. The summed E-state index contributed by atoms with van der Waals surface area (Å²) < 4.78 is 61.0. The highest BCUT2D eigenvalue weighted by molar-refractivity contribution is 5.96. The predicted molar refractivity (Wildman–Crippen MR) is 162 cm³/mol. The van der Waals surface area contributed by atoms with Crippen molar-refractivity contribution in [2.45, 2.75) is 26.4 Å². The van der Waals surface area contributed by atoms with Gasteiger partial charge in [-0.2, -0.15) is 13.2 Å². The molecule has 2 aliphatic rings. The van der Waals surface area contributed by atoms with Gasteiger partial charge in [0.25, 0.3) is 5.91 Å². The standard InChI is InChI=1S/C32H35F4N7O2/c1-3-21-12-22(4-5-23(21)31(44)40-15-19-8-11-43(2,17-19)18-20-13-37-14-20)41-29-30-39-16-25(42(30)10-9-38-29)24-6-7-26(45-32(35)36)28(34)27(24)33/h4-7,9-10,12,16,19-20,32,37H,3,8,11,13-15,17-18H2,1-2H3,(H-,38,40,41,44)/p+1. The first kappa shape index (κ1) is 30.8. The van der Waals surface area contributed by atoms with E-state index in [0.717, 1.165) is 60.7 Å². The Morgan fingerprint density at radius 2 is 1.98 bits per heavy atom. The molecule has 2 atom stereocenters. The summed E-state index contributed by atoms with van der Waals surface area (Å²) in [5.74, 6) is -2.28. The fourth-order valence-electron chi connectivity index (χ4n) is 6.51. The highest BCUT2D eigenvalue weighted by Crippen LogP contribution is 2.32. The number of amides is 1. The molecule has 0 spiro atoms. The number of benzene rings is 2. The van der Waals surface area contributed by atoms with Crippen LogP contribution in [0.2, 0.25) is 0 Å². The molecule has 2 aromatic carbocycles. The van der Waals surface area contributed by atoms with Crippen LogP contribution in [0.15, 0.2) is 48.9 Å². The number of ether oxygens (including phenoxy) is 1. The average molecular weight is 627 g/mol. The van der Waals surface area contributed by atoms with Crippen LogP contribution in [0.1, 0.15) is 29.3 Å². The largest absolute Gasteiger partial charge is 0.432 e. The van der Waals surface area contributed by atoms with Crippen molar-refractivity contribution in [1.29, 1.82) is 0 Å². The monoisotopic (exact) mass is 626 g/mol. The molecule has 2 saturated heterocycles. The fourth-order valence-corrected chi connectivity index (χ4v) is 6.51. The zero-order chi connectivity index (χ0) is 31.7. The lowest BCUT2D eigenvalue weighted by atomic mass is 10.0. The molecule has 2 aromatic heterocycles. The number of aromatic nitrogens is 3. The minimum absolute atomic E-state index is 0.0972. The molecule has 3 N–H and O–H groups in total. The van der Waals surface area contributed by atoms with Crippen molar-refractivity contribution in [2.75, 3.05) is 51.6 Å². The van der Waals surface area contributed by atoms with Crippen LogP contribution in [0.25, 0.3) is 16.9 Å². The summed E-state index contributed by atoms with van der Waals surface area (Å²) >= 11 is 0. The van der Waals surface area contributed by atoms with Gasteiger partial charge in [-0.05, 0) is 42.3 Å². The van der Waals surface area contributed by atoms with Gasteiger partial charge in [0.1, 0.15) is 0 Å². The molecule has 2 fully saturated rings. The second-order valence-electron chi connectivity index (χ2n) is 12.2. The highest BCUT2D eigenvalue weighted by Gasteiger charge is 2.37. The van der Waals surface area contributed by atoms with Crippen LogP contribution >= 0.6 is 0 Å². The number of halogens is 4. The van der Waals surface area contributed by atoms with Crippen LogP contribution in [-0.4, -0.2) is 77.7 Å². The molecule has 45 heavy (non-hydrogen) atoms. The predicted octanol–water partition coefficient (Wildman–Crippen LogP) is 5.00. The van der Waals surface area contributed by atoms with E-state index in [4.69, 9.17) is 0 Å². The molecule has 1 amide bonds. The van der Waals surface area contributed by atoms with Crippen LogP contribution in [0.4, 0.5) is 29.1 Å². The molecule has 9 nitrogen and oxygen atoms in total. The van der Waals surface area contributed by atoms with Gasteiger partial charge in [0.05, 0.1) is 38.6 Å². The van der Waals surface area contributed by atoms with Crippen LogP contribution < -0.4 is 20.7 Å². The number of aryl methyl sites for hydroxylation is 1. The number of carbonyl (C=O) groups excluding carboxylic acids is 1. The molecular formula is C32H36F4N7O2+. The Hall–Kier alpha value is -4.23. The lowest BCUT2D eigenvalue weighted by molar-refractivity contribution is -0.902. The number of likely N-dealkylation sites (tertiary alicyclic amines) is 1. The van der Waals surface area contributed by atoms with Crippen molar-refractivity contribution in [2.24, 2.45) is 11.8 Å². The van der Waals surface area contributed by atoms with Gasteiger partial charge in [-0.3, -0.25) is 9.20 Å². The van der Waals surface area contributed by atoms with Gasteiger partial charge in [-0.25, -0.2) is 14.4 Å². The first-order chi connectivity index (χ1) is 21.6. The Labute approximate surface area is 258 Å². The van der Waals surface area contributed by atoms with Crippen molar-refractivity contribution in [3.63, 3.8) is 0 Å². The van der Waals surface area contributed by atoms with E-state index in [0.29, 0.717) is 41.6 Å².